The number of rotatable bonds is 5. The van der Waals surface area contributed by atoms with Gasteiger partial charge in [-0.1, -0.05) is 6.07 Å². The van der Waals surface area contributed by atoms with Crippen LogP contribution in [0.25, 0.3) is 11.0 Å². The summed E-state index contributed by atoms with van der Waals surface area (Å²) in [6.07, 6.45) is 1.59. The quantitative estimate of drug-likeness (QED) is 0.691. The van der Waals surface area contributed by atoms with Gasteiger partial charge in [-0.25, -0.2) is 9.78 Å². The Morgan fingerprint density at radius 3 is 2.45 bits per heavy atom. The third-order valence-electron chi connectivity index (χ3n) is 4.74. The number of carbonyl (C=O) groups excluding carboxylic acids is 1. The second-order valence-corrected chi connectivity index (χ2v) is 6.63. The number of nitrogens with one attached hydrogen (secondary N) is 1. The fourth-order valence-corrected chi connectivity index (χ4v) is 3.14. The molecular formula is C20H22N4O5. The molecule has 0 saturated carbocycles. The second kappa shape index (κ2) is 7.78. The zero-order chi connectivity index (χ0) is 21.3. The number of methoxy groups -OCH3 is 2. The van der Waals surface area contributed by atoms with E-state index < -0.39 is 11.2 Å². The largest absolute Gasteiger partial charge is 0.493 e. The van der Waals surface area contributed by atoms with E-state index in [0.29, 0.717) is 22.7 Å². The van der Waals surface area contributed by atoms with Gasteiger partial charge in [-0.15, -0.1) is 0 Å². The van der Waals surface area contributed by atoms with E-state index in [0.717, 1.165) is 10.1 Å². The molecule has 2 aromatic heterocycles. The maximum atomic E-state index is 12.7. The van der Waals surface area contributed by atoms with Crippen LogP contribution >= 0.6 is 0 Å². The Balaban J connectivity index is 2.00. The van der Waals surface area contributed by atoms with E-state index in [2.05, 4.69) is 10.3 Å². The molecule has 1 aromatic carbocycles. The standard InChI is InChI=1S/C20H22N4O5/c1-11-10-21-18-16(19(26)24(3)20(27)23(18)2)17(11)22-15(25)9-12-6-7-13(28-4)14(8-12)29-5/h6-8,10H,9H2,1-5H3,(H,21,22,25). The van der Waals surface area contributed by atoms with Crippen molar-refractivity contribution in [2.24, 2.45) is 14.1 Å². The van der Waals surface area contributed by atoms with Crippen LogP contribution in [-0.4, -0.2) is 34.2 Å². The first-order valence-corrected chi connectivity index (χ1v) is 8.84. The van der Waals surface area contributed by atoms with Gasteiger partial charge in [0.2, 0.25) is 5.91 Å². The minimum Gasteiger partial charge on any atom is -0.493 e. The maximum absolute atomic E-state index is 12.7. The molecule has 0 aliphatic rings. The van der Waals surface area contributed by atoms with E-state index in [4.69, 9.17) is 9.47 Å². The van der Waals surface area contributed by atoms with E-state index in [9.17, 15) is 14.4 Å². The smallest absolute Gasteiger partial charge is 0.332 e. The van der Waals surface area contributed by atoms with Crippen molar-refractivity contribution in [2.45, 2.75) is 13.3 Å². The predicted molar refractivity (Wildman–Crippen MR) is 109 cm³/mol. The van der Waals surface area contributed by atoms with Crippen LogP contribution in [0.4, 0.5) is 5.69 Å². The Hall–Kier alpha value is -3.62. The highest BCUT2D eigenvalue weighted by Crippen LogP contribution is 2.28. The number of amides is 1. The highest BCUT2D eigenvalue weighted by Gasteiger charge is 2.18. The molecule has 1 N–H and O–H groups in total. The minimum atomic E-state index is -0.513. The molecule has 9 nitrogen and oxygen atoms in total. The molecule has 0 aliphatic carbocycles. The normalized spacial score (nSPS) is 10.8. The number of fused-ring (bicyclic) bond motifs is 1. The van der Waals surface area contributed by atoms with Crippen molar-refractivity contribution in [1.82, 2.24) is 14.1 Å². The molecule has 0 unspecified atom stereocenters. The number of hydrogen-bond donors (Lipinski definition) is 1. The maximum Gasteiger partial charge on any atom is 0.332 e. The average molecular weight is 398 g/mol. The number of aromatic nitrogens is 3. The van der Waals surface area contributed by atoms with Gasteiger partial charge >= 0.3 is 5.69 Å². The molecule has 0 bridgehead atoms. The lowest BCUT2D eigenvalue weighted by molar-refractivity contribution is -0.115. The van der Waals surface area contributed by atoms with Crippen molar-refractivity contribution in [3.63, 3.8) is 0 Å². The second-order valence-electron chi connectivity index (χ2n) is 6.63. The van der Waals surface area contributed by atoms with E-state index >= 15 is 0 Å². The van der Waals surface area contributed by atoms with Gasteiger partial charge in [0.05, 0.1) is 26.3 Å². The third-order valence-corrected chi connectivity index (χ3v) is 4.74. The van der Waals surface area contributed by atoms with Crippen LogP contribution < -0.4 is 26.0 Å². The summed E-state index contributed by atoms with van der Waals surface area (Å²) in [6.45, 7) is 1.74. The Morgan fingerprint density at radius 1 is 1.10 bits per heavy atom. The number of pyridine rings is 1. The van der Waals surface area contributed by atoms with Gasteiger partial charge in [0.1, 0.15) is 5.39 Å². The van der Waals surface area contributed by atoms with Crippen LogP contribution in [0.1, 0.15) is 11.1 Å². The van der Waals surface area contributed by atoms with Crippen LogP contribution in [0.5, 0.6) is 11.5 Å². The summed E-state index contributed by atoms with van der Waals surface area (Å²) in [7, 11) is 5.98. The van der Waals surface area contributed by atoms with Crippen molar-refractivity contribution >= 4 is 22.6 Å². The number of aryl methyl sites for hydroxylation is 2. The molecule has 0 aliphatic heterocycles. The first-order chi connectivity index (χ1) is 13.8. The number of hydrogen-bond acceptors (Lipinski definition) is 6. The lowest BCUT2D eigenvalue weighted by atomic mass is 10.1. The number of ether oxygens (including phenoxy) is 2. The molecule has 152 valence electrons. The number of benzene rings is 1. The molecule has 1 amide bonds. The molecule has 0 spiro atoms. The monoisotopic (exact) mass is 398 g/mol. The number of anilines is 1. The van der Waals surface area contributed by atoms with E-state index in [1.54, 1.807) is 25.1 Å². The molecule has 2 heterocycles. The summed E-state index contributed by atoms with van der Waals surface area (Å²) < 4.78 is 12.7. The third kappa shape index (κ3) is 3.58. The van der Waals surface area contributed by atoms with E-state index in [1.807, 2.05) is 0 Å². The van der Waals surface area contributed by atoms with Crippen molar-refractivity contribution in [1.29, 1.82) is 0 Å². The Labute approximate surface area is 166 Å². The molecule has 3 aromatic rings. The number of nitrogens with zero attached hydrogens (tertiary/aromatic N) is 3. The Morgan fingerprint density at radius 2 is 1.79 bits per heavy atom. The zero-order valence-corrected chi connectivity index (χ0v) is 16.9. The van der Waals surface area contributed by atoms with E-state index in [1.165, 1.54) is 39.1 Å². The fourth-order valence-electron chi connectivity index (χ4n) is 3.14. The van der Waals surface area contributed by atoms with Crippen LogP contribution in [0.2, 0.25) is 0 Å². The van der Waals surface area contributed by atoms with Crippen LogP contribution in [-0.2, 0) is 25.3 Å². The summed E-state index contributed by atoms with van der Waals surface area (Å²) in [6, 6.07) is 5.21. The molecule has 0 fully saturated rings. The van der Waals surface area contributed by atoms with Crippen LogP contribution in [0.3, 0.4) is 0 Å². The molecule has 0 radical (unpaired) electrons. The summed E-state index contributed by atoms with van der Waals surface area (Å²) in [4.78, 5) is 41.8. The zero-order valence-electron chi connectivity index (χ0n) is 16.9. The van der Waals surface area contributed by atoms with Gasteiger partial charge in [0, 0.05) is 20.3 Å². The lowest BCUT2D eigenvalue weighted by Crippen LogP contribution is -2.38. The van der Waals surface area contributed by atoms with Crippen LogP contribution in [0.15, 0.2) is 34.0 Å². The Bertz CT molecular complexity index is 1230. The summed E-state index contributed by atoms with van der Waals surface area (Å²) in [5, 5.41) is 2.99. The molecule has 0 saturated heterocycles. The minimum absolute atomic E-state index is 0.0652. The first-order valence-electron chi connectivity index (χ1n) is 8.84. The molecular weight excluding hydrogens is 376 g/mol. The molecule has 29 heavy (non-hydrogen) atoms. The molecule has 0 atom stereocenters. The summed E-state index contributed by atoms with van der Waals surface area (Å²) in [5.41, 5.74) is 0.898. The van der Waals surface area contributed by atoms with Crippen LogP contribution in [0, 0.1) is 6.92 Å². The van der Waals surface area contributed by atoms with Gasteiger partial charge in [-0.2, -0.15) is 0 Å². The van der Waals surface area contributed by atoms with Crippen molar-refractivity contribution in [3.8, 4) is 11.5 Å². The lowest BCUT2D eigenvalue weighted by Gasteiger charge is -2.14. The number of carbonyl (C=O) groups is 1. The molecule has 9 heteroatoms. The molecule has 3 rings (SSSR count). The van der Waals surface area contributed by atoms with Crippen molar-refractivity contribution < 1.29 is 14.3 Å². The van der Waals surface area contributed by atoms with Gasteiger partial charge in [-0.3, -0.25) is 18.7 Å². The summed E-state index contributed by atoms with van der Waals surface area (Å²) in [5.74, 6) is 0.771. The highest BCUT2D eigenvalue weighted by molar-refractivity contribution is 6.01. The topological polar surface area (TPSA) is 104 Å². The van der Waals surface area contributed by atoms with Gasteiger partial charge in [0.15, 0.2) is 17.1 Å². The highest BCUT2D eigenvalue weighted by atomic mass is 16.5. The van der Waals surface area contributed by atoms with Gasteiger partial charge in [0.25, 0.3) is 5.56 Å². The van der Waals surface area contributed by atoms with Crippen molar-refractivity contribution in [3.05, 3.63) is 56.4 Å². The average Bonchev–Trinajstić information content (AvgIpc) is 2.71. The van der Waals surface area contributed by atoms with E-state index in [-0.39, 0.29) is 23.4 Å². The first kappa shape index (κ1) is 20.1. The fraction of sp³-hybridized carbons (Fsp3) is 0.300. The van der Waals surface area contributed by atoms with Gasteiger partial charge in [-0.05, 0) is 30.2 Å². The SMILES string of the molecule is COc1ccc(CC(=O)Nc2c(C)cnc3c2c(=O)n(C)c(=O)n3C)cc1OC. The predicted octanol–water partition coefficient (Wildman–Crippen LogP) is 1.14. The Kier molecular flexibility index (Phi) is 5.40. The summed E-state index contributed by atoms with van der Waals surface area (Å²) >= 11 is 0. The van der Waals surface area contributed by atoms with Gasteiger partial charge < -0.3 is 14.8 Å². The van der Waals surface area contributed by atoms with Crippen molar-refractivity contribution in [2.75, 3.05) is 19.5 Å².